The Bertz CT molecular complexity index is 505. The zero-order valence-corrected chi connectivity index (χ0v) is 7.57. The third kappa shape index (κ3) is 1.72. The summed E-state index contributed by atoms with van der Waals surface area (Å²) in [5.41, 5.74) is 0.539. The van der Waals surface area contributed by atoms with Gasteiger partial charge in [0, 0.05) is 6.20 Å². The van der Waals surface area contributed by atoms with Gasteiger partial charge in [-0.3, -0.25) is 14.4 Å². The van der Waals surface area contributed by atoms with Gasteiger partial charge >= 0.3 is 7.82 Å². The Balaban J connectivity index is 2.49. The second-order valence-electron chi connectivity index (χ2n) is 2.38. The fourth-order valence-corrected chi connectivity index (χ4v) is 1.21. The first-order valence-corrected chi connectivity index (χ1v) is 5.01. The SMILES string of the molecule is O=P(O)(O)On1nnc2cccnc21. The molecule has 0 bridgehead atoms. The maximum Gasteiger partial charge on any atom is 0.545 e. The van der Waals surface area contributed by atoms with Crippen molar-refractivity contribution in [3.63, 3.8) is 0 Å². The van der Waals surface area contributed by atoms with Crippen LogP contribution in [0.5, 0.6) is 0 Å². The van der Waals surface area contributed by atoms with Gasteiger partial charge in [-0.2, -0.15) is 0 Å². The number of phosphoric acid groups is 1. The van der Waals surface area contributed by atoms with Crippen molar-refractivity contribution in [1.29, 1.82) is 0 Å². The summed E-state index contributed by atoms with van der Waals surface area (Å²) in [5.74, 6) is 0. The summed E-state index contributed by atoms with van der Waals surface area (Å²) in [7, 11) is -4.64. The summed E-state index contributed by atoms with van der Waals surface area (Å²) < 4.78 is 14.7. The molecule has 9 heteroatoms. The van der Waals surface area contributed by atoms with Crippen molar-refractivity contribution in [3.8, 4) is 0 Å². The Morgan fingerprint density at radius 3 is 3.00 bits per heavy atom. The van der Waals surface area contributed by atoms with Gasteiger partial charge in [0.2, 0.25) is 5.65 Å². The van der Waals surface area contributed by atoms with Crippen LogP contribution in [0, 0.1) is 0 Å². The Morgan fingerprint density at radius 1 is 1.50 bits per heavy atom. The first-order chi connectivity index (χ1) is 6.56. The molecule has 0 atom stereocenters. The van der Waals surface area contributed by atoms with E-state index in [1.54, 1.807) is 12.1 Å². The number of hydrogen-bond acceptors (Lipinski definition) is 5. The summed E-state index contributed by atoms with van der Waals surface area (Å²) in [6, 6.07) is 3.22. The molecule has 0 aromatic carbocycles. The second-order valence-corrected chi connectivity index (χ2v) is 3.53. The van der Waals surface area contributed by atoms with Crippen LogP contribution < -0.4 is 4.62 Å². The molecule has 0 radical (unpaired) electrons. The van der Waals surface area contributed by atoms with Crippen LogP contribution >= 0.6 is 7.82 Å². The average molecular weight is 216 g/mol. The Kier molecular flexibility index (Phi) is 1.95. The number of hydrogen-bond donors (Lipinski definition) is 2. The number of pyridine rings is 1. The normalized spacial score (nSPS) is 11.9. The van der Waals surface area contributed by atoms with E-state index in [2.05, 4.69) is 19.9 Å². The molecular formula is C5H5N4O4P. The Hall–Kier alpha value is -1.50. The Morgan fingerprint density at radius 2 is 2.29 bits per heavy atom. The molecule has 0 amide bonds. The summed E-state index contributed by atoms with van der Waals surface area (Å²) in [4.78, 5) is 21.4. The van der Waals surface area contributed by atoms with Gasteiger partial charge < -0.3 is 0 Å². The van der Waals surface area contributed by atoms with Crippen molar-refractivity contribution in [2.75, 3.05) is 0 Å². The van der Waals surface area contributed by atoms with Gasteiger partial charge in [-0.05, 0) is 22.2 Å². The fourth-order valence-electron chi connectivity index (χ4n) is 0.901. The van der Waals surface area contributed by atoms with Gasteiger partial charge in [0.1, 0.15) is 5.52 Å². The smallest absolute Gasteiger partial charge is 0.292 e. The first-order valence-electron chi connectivity index (χ1n) is 3.48. The van der Waals surface area contributed by atoms with E-state index in [0.717, 1.165) is 0 Å². The van der Waals surface area contributed by atoms with Crippen LogP contribution in [0.1, 0.15) is 0 Å². The third-order valence-corrected chi connectivity index (χ3v) is 1.73. The lowest BCUT2D eigenvalue weighted by molar-refractivity contribution is 0.157. The molecule has 0 fully saturated rings. The minimum atomic E-state index is -4.64. The van der Waals surface area contributed by atoms with Crippen LogP contribution in [0.25, 0.3) is 11.2 Å². The molecule has 2 aromatic rings. The van der Waals surface area contributed by atoms with Gasteiger partial charge in [-0.25, -0.2) is 9.55 Å². The molecule has 0 unspecified atom stereocenters. The lowest BCUT2D eigenvalue weighted by Gasteiger charge is -2.03. The van der Waals surface area contributed by atoms with Crippen molar-refractivity contribution in [1.82, 2.24) is 20.1 Å². The fraction of sp³-hybridized carbons (Fsp3) is 0. The van der Waals surface area contributed by atoms with Crippen molar-refractivity contribution < 1.29 is 19.0 Å². The van der Waals surface area contributed by atoms with Gasteiger partial charge in [0.15, 0.2) is 0 Å². The number of nitrogens with zero attached hydrogens (tertiary/aromatic N) is 4. The van der Waals surface area contributed by atoms with Crippen molar-refractivity contribution in [3.05, 3.63) is 18.3 Å². The largest absolute Gasteiger partial charge is 0.545 e. The number of rotatable bonds is 2. The van der Waals surface area contributed by atoms with E-state index in [9.17, 15) is 4.57 Å². The van der Waals surface area contributed by atoms with Crippen LogP contribution in [0.3, 0.4) is 0 Å². The minimum Gasteiger partial charge on any atom is -0.292 e. The highest BCUT2D eigenvalue weighted by Gasteiger charge is 2.19. The molecule has 0 saturated carbocycles. The highest BCUT2D eigenvalue weighted by Crippen LogP contribution is 2.31. The van der Waals surface area contributed by atoms with Crippen molar-refractivity contribution >= 4 is 19.0 Å². The molecule has 14 heavy (non-hydrogen) atoms. The molecule has 0 aliphatic carbocycles. The van der Waals surface area contributed by atoms with E-state index in [0.29, 0.717) is 10.4 Å². The summed E-state index contributed by atoms with van der Waals surface area (Å²) in [6.07, 6.45) is 1.44. The highest BCUT2D eigenvalue weighted by atomic mass is 31.2. The van der Waals surface area contributed by atoms with Crippen LogP contribution in [0.2, 0.25) is 0 Å². The molecule has 0 aliphatic rings. The zero-order chi connectivity index (χ0) is 10.2. The van der Waals surface area contributed by atoms with Gasteiger partial charge in [-0.15, -0.1) is 5.10 Å². The van der Waals surface area contributed by atoms with Crippen molar-refractivity contribution in [2.45, 2.75) is 0 Å². The second kappa shape index (κ2) is 3.02. The van der Waals surface area contributed by atoms with Gasteiger partial charge in [-0.1, -0.05) is 0 Å². The van der Waals surface area contributed by atoms with Gasteiger partial charge in [0.25, 0.3) is 0 Å². The molecule has 2 aromatic heterocycles. The van der Waals surface area contributed by atoms with Crippen LogP contribution in [0.4, 0.5) is 0 Å². The molecule has 2 heterocycles. The average Bonchev–Trinajstić information content (AvgIpc) is 2.47. The van der Waals surface area contributed by atoms with Crippen LogP contribution in [-0.4, -0.2) is 29.9 Å². The molecule has 0 saturated heterocycles. The molecule has 8 nitrogen and oxygen atoms in total. The number of aromatic nitrogens is 4. The minimum absolute atomic E-state index is 0.149. The van der Waals surface area contributed by atoms with E-state index < -0.39 is 7.82 Å². The summed E-state index contributed by atoms with van der Waals surface area (Å²) in [5, 5.41) is 6.96. The van der Waals surface area contributed by atoms with Crippen LogP contribution in [0.15, 0.2) is 18.3 Å². The molecule has 74 valence electrons. The maximum atomic E-state index is 10.5. The summed E-state index contributed by atoms with van der Waals surface area (Å²) in [6.45, 7) is 0. The molecule has 0 aliphatic heterocycles. The standard InChI is InChI=1S/C5H5N4O4P/c10-14(11,12)13-9-5-4(7-8-9)2-1-3-6-5/h1-3H,(H2,10,11,12). The zero-order valence-electron chi connectivity index (χ0n) is 6.68. The highest BCUT2D eigenvalue weighted by molar-refractivity contribution is 7.46. The van der Waals surface area contributed by atoms with E-state index >= 15 is 0 Å². The van der Waals surface area contributed by atoms with E-state index in [-0.39, 0.29) is 5.65 Å². The van der Waals surface area contributed by atoms with Crippen molar-refractivity contribution in [2.24, 2.45) is 0 Å². The molecule has 2 N–H and O–H groups in total. The molecule has 0 spiro atoms. The monoisotopic (exact) mass is 216 g/mol. The third-order valence-electron chi connectivity index (χ3n) is 1.36. The number of fused-ring (bicyclic) bond motifs is 1. The molecular weight excluding hydrogens is 211 g/mol. The lowest BCUT2D eigenvalue weighted by Crippen LogP contribution is -2.10. The van der Waals surface area contributed by atoms with E-state index in [4.69, 9.17) is 9.79 Å². The maximum absolute atomic E-state index is 10.5. The Labute approximate surface area is 77.3 Å². The van der Waals surface area contributed by atoms with E-state index in [1.807, 2.05) is 0 Å². The predicted octanol–water partition coefficient (Wildman–Crippen LogP) is -0.652. The summed E-state index contributed by atoms with van der Waals surface area (Å²) >= 11 is 0. The topological polar surface area (TPSA) is 110 Å². The molecule has 2 rings (SSSR count). The lowest BCUT2D eigenvalue weighted by atomic mass is 10.4. The first kappa shape index (κ1) is 9.07. The van der Waals surface area contributed by atoms with Crippen LogP contribution in [-0.2, 0) is 4.57 Å². The quantitative estimate of drug-likeness (QED) is 0.641. The van der Waals surface area contributed by atoms with Gasteiger partial charge in [0.05, 0.1) is 0 Å². The van der Waals surface area contributed by atoms with E-state index in [1.165, 1.54) is 6.20 Å². The predicted molar refractivity (Wildman–Crippen MR) is 43.9 cm³/mol.